The molecule has 0 aliphatic rings. The van der Waals surface area contributed by atoms with Gasteiger partial charge in [0.1, 0.15) is 5.75 Å². The normalized spacial score (nSPS) is 11.8. The third-order valence-electron chi connectivity index (χ3n) is 4.41. The predicted octanol–water partition coefficient (Wildman–Crippen LogP) is 3.87. The third-order valence-corrected chi connectivity index (χ3v) is 4.41. The number of fused-ring (bicyclic) bond motifs is 1. The van der Waals surface area contributed by atoms with Crippen molar-refractivity contribution in [3.63, 3.8) is 0 Å². The van der Waals surface area contributed by atoms with Gasteiger partial charge in [-0.25, -0.2) is 10.4 Å². The minimum atomic E-state index is -2.94. The molecular weight excluding hydrogens is 394 g/mol. The van der Waals surface area contributed by atoms with Crippen molar-refractivity contribution in [3.05, 3.63) is 64.4 Å². The van der Waals surface area contributed by atoms with Crippen LogP contribution in [-0.2, 0) is 11.3 Å². The fourth-order valence-electron chi connectivity index (χ4n) is 2.99. The summed E-state index contributed by atoms with van der Waals surface area (Å²) in [5.41, 5.74) is 3.94. The standard InChI is InChI=1S/C21H22F2N4O3/c1-14(15-8-4-6-11-18(15)30-20(22)23)25-26-21-24-17-10-5-3-9-16(17)19(28)27(21)12-7-13-29-2/h3-6,8-11,20H,7,12-13H2,1-2H3,(H,24,26)/b25-14-. The maximum atomic E-state index is 12.9. The van der Waals surface area contributed by atoms with Crippen molar-refractivity contribution in [1.29, 1.82) is 0 Å². The molecule has 0 fully saturated rings. The highest BCUT2D eigenvalue weighted by Gasteiger charge is 2.13. The molecule has 1 heterocycles. The molecule has 7 nitrogen and oxygen atoms in total. The highest BCUT2D eigenvalue weighted by Crippen LogP contribution is 2.21. The summed E-state index contributed by atoms with van der Waals surface area (Å²) in [5.74, 6) is 0.265. The number of nitrogens with zero attached hydrogens (tertiary/aromatic N) is 3. The van der Waals surface area contributed by atoms with Gasteiger partial charge < -0.3 is 9.47 Å². The quantitative estimate of drug-likeness (QED) is 0.326. The van der Waals surface area contributed by atoms with Crippen molar-refractivity contribution in [1.82, 2.24) is 9.55 Å². The second-order valence-corrected chi connectivity index (χ2v) is 6.44. The topological polar surface area (TPSA) is 77.7 Å². The van der Waals surface area contributed by atoms with Gasteiger partial charge in [-0.1, -0.05) is 24.3 Å². The van der Waals surface area contributed by atoms with E-state index in [0.717, 1.165) is 0 Å². The van der Waals surface area contributed by atoms with E-state index in [4.69, 9.17) is 4.74 Å². The highest BCUT2D eigenvalue weighted by molar-refractivity contribution is 6.01. The molecule has 0 spiro atoms. The summed E-state index contributed by atoms with van der Waals surface area (Å²) in [5, 5.41) is 4.75. The smallest absolute Gasteiger partial charge is 0.387 e. The number of para-hydroxylation sites is 2. The third kappa shape index (κ3) is 4.98. The van der Waals surface area contributed by atoms with Gasteiger partial charge in [-0.15, -0.1) is 0 Å². The number of benzene rings is 2. The zero-order chi connectivity index (χ0) is 21.5. The predicted molar refractivity (Wildman–Crippen MR) is 111 cm³/mol. The van der Waals surface area contributed by atoms with Gasteiger partial charge in [0.05, 0.1) is 16.6 Å². The Morgan fingerprint density at radius 1 is 1.20 bits per heavy atom. The monoisotopic (exact) mass is 416 g/mol. The summed E-state index contributed by atoms with van der Waals surface area (Å²) < 4.78 is 36.5. The number of anilines is 1. The summed E-state index contributed by atoms with van der Waals surface area (Å²) in [7, 11) is 1.59. The second kappa shape index (κ2) is 9.93. The van der Waals surface area contributed by atoms with E-state index in [0.29, 0.717) is 41.8 Å². The van der Waals surface area contributed by atoms with Crippen LogP contribution >= 0.6 is 0 Å². The summed E-state index contributed by atoms with van der Waals surface area (Å²) >= 11 is 0. The summed E-state index contributed by atoms with van der Waals surface area (Å²) in [4.78, 5) is 17.4. The largest absolute Gasteiger partial charge is 0.434 e. The maximum Gasteiger partial charge on any atom is 0.387 e. The zero-order valence-corrected chi connectivity index (χ0v) is 16.6. The van der Waals surface area contributed by atoms with Gasteiger partial charge in [0.25, 0.3) is 5.56 Å². The van der Waals surface area contributed by atoms with Crippen molar-refractivity contribution >= 4 is 22.6 Å². The Hall–Kier alpha value is -3.33. The number of methoxy groups -OCH3 is 1. The lowest BCUT2D eigenvalue weighted by Gasteiger charge is -2.14. The van der Waals surface area contributed by atoms with Crippen molar-refractivity contribution in [3.8, 4) is 5.75 Å². The molecule has 3 rings (SSSR count). The first-order valence-corrected chi connectivity index (χ1v) is 9.34. The lowest BCUT2D eigenvalue weighted by atomic mass is 10.1. The molecule has 9 heteroatoms. The van der Waals surface area contributed by atoms with Crippen molar-refractivity contribution in [2.75, 3.05) is 19.1 Å². The minimum absolute atomic E-state index is 0.0134. The number of ether oxygens (including phenoxy) is 2. The van der Waals surface area contributed by atoms with E-state index in [9.17, 15) is 13.6 Å². The molecule has 1 N–H and O–H groups in total. The molecule has 0 aliphatic heterocycles. The fraction of sp³-hybridized carbons (Fsp3) is 0.286. The molecule has 30 heavy (non-hydrogen) atoms. The first kappa shape index (κ1) is 21.4. The summed E-state index contributed by atoms with van der Waals surface area (Å²) in [6, 6.07) is 13.4. The number of aromatic nitrogens is 2. The van der Waals surface area contributed by atoms with E-state index in [2.05, 4.69) is 20.2 Å². The van der Waals surface area contributed by atoms with Crippen molar-refractivity contribution in [2.45, 2.75) is 26.5 Å². The van der Waals surface area contributed by atoms with E-state index in [1.165, 1.54) is 10.6 Å². The van der Waals surface area contributed by atoms with Crippen LogP contribution in [0.2, 0.25) is 0 Å². The Kier molecular flexibility index (Phi) is 7.08. The lowest BCUT2D eigenvalue weighted by molar-refractivity contribution is -0.0499. The van der Waals surface area contributed by atoms with Gasteiger partial charge in [-0.05, 0) is 37.6 Å². The number of rotatable bonds is 9. The first-order chi connectivity index (χ1) is 14.5. The van der Waals surface area contributed by atoms with Gasteiger partial charge in [-0.3, -0.25) is 9.36 Å². The molecule has 3 aromatic rings. The van der Waals surface area contributed by atoms with Gasteiger partial charge in [-0.2, -0.15) is 13.9 Å². The molecule has 158 valence electrons. The molecule has 0 atom stereocenters. The van der Waals surface area contributed by atoms with Crippen LogP contribution in [0.4, 0.5) is 14.7 Å². The summed E-state index contributed by atoms with van der Waals surface area (Å²) in [6.45, 7) is -0.430. The van der Waals surface area contributed by atoms with Crippen LogP contribution in [-0.4, -0.2) is 35.6 Å². The van der Waals surface area contributed by atoms with E-state index in [1.54, 1.807) is 56.5 Å². The molecule has 0 unspecified atom stereocenters. The van der Waals surface area contributed by atoms with Crippen LogP contribution < -0.4 is 15.7 Å². The number of hydrogen-bond donors (Lipinski definition) is 1. The Labute approximate surface area is 172 Å². The summed E-state index contributed by atoms with van der Waals surface area (Å²) in [6.07, 6.45) is 0.610. The molecular formula is C21H22F2N4O3. The van der Waals surface area contributed by atoms with Crippen LogP contribution in [0.5, 0.6) is 5.75 Å². The molecule has 0 aliphatic carbocycles. The van der Waals surface area contributed by atoms with Crippen molar-refractivity contribution in [2.24, 2.45) is 5.10 Å². The maximum absolute atomic E-state index is 12.9. The van der Waals surface area contributed by atoms with Crippen LogP contribution in [0.15, 0.2) is 58.4 Å². The Morgan fingerprint density at radius 3 is 2.70 bits per heavy atom. The second-order valence-electron chi connectivity index (χ2n) is 6.44. The zero-order valence-electron chi connectivity index (χ0n) is 16.6. The van der Waals surface area contributed by atoms with Gasteiger partial charge in [0.15, 0.2) is 0 Å². The van der Waals surface area contributed by atoms with Crippen molar-refractivity contribution < 1.29 is 18.3 Å². The fourth-order valence-corrected chi connectivity index (χ4v) is 2.99. The van der Waals surface area contributed by atoms with Gasteiger partial charge in [0.2, 0.25) is 5.95 Å². The van der Waals surface area contributed by atoms with Gasteiger partial charge in [0, 0.05) is 25.8 Å². The molecule has 1 aromatic heterocycles. The number of halogens is 2. The highest BCUT2D eigenvalue weighted by atomic mass is 19.3. The van der Waals surface area contributed by atoms with E-state index in [1.807, 2.05) is 0 Å². The van der Waals surface area contributed by atoms with E-state index >= 15 is 0 Å². The Balaban J connectivity index is 1.96. The minimum Gasteiger partial charge on any atom is -0.434 e. The van der Waals surface area contributed by atoms with Gasteiger partial charge >= 0.3 is 6.61 Å². The van der Waals surface area contributed by atoms with E-state index in [-0.39, 0.29) is 17.3 Å². The number of alkyl halides is 2. The molecule has 0 saturated carbocycles. The Bertz CT molecular complexity index is 1100. The number of hydrazone groups is 1. The SMILES string of the molecule is COCCCn1c(N/N=C(/C)c2ccccc2OC(F)F)nc2ccccc2c1=O. The average molecular weight is 416 g/mol. The van der Waals surface area contributed by atoms with E-state index < -0.39 is 6.61 Å². The van der Waals surface area contributed by atoms with Crippen LogP contribution in [0, 0.1) is 0 Å². The molecule has 0 radical (unpaired) electrons. The number of hydrogen-bond acceptors (Lipinski definition) is 6. The first-order valence-electron chi connectivity index (χ1n) is 9.34. The molecule has 0 saturated heterocycles. The van der Waals surface area contributed by atoms with Crippen LogP contribution in [0.1, 0.15) is 18.9 Å². The number of nitrogens with one attached hydrogen (secondary N) is 1. The lowest BCUT2D eigenvalue weighted by Crippen LogP contribution is -2.25. The molecule has 0 bridgehead atoms. The molecule has 2 aromatic carbocycles. The van der Waals surface area contributed by atoms with Crippen LogP contribution in [0.3, 0.4) is 0 Å². The Morgan fingerprint density at radius 2 is 1.93 bits per heavy atom. The van der Waals surface area contributed by atoms with Crippen LogP contribution in [0.25, 0.3) is 10.9 Å². The average Bonchev–Trinajstić information content (AvgIpc) is 2.74. The molecule has 0 amide bonds.